The molecule has 2 aliphatic rings. The number of hydrogen-bond donors (Lipinski definition) is 2. The van der Waals surface area contributed by atoms with Crippen LogP contribution in [-0.2, 0) is 24.7 Å². The van der Waals surface area contributed by atoms with Gasteiger partial charge in [-0.15, -0.1) is 11.3 Å². The highest BCUT2D eigenvalue weighted by Crippen LogP contribution is 2.35. The Kier molecular flexibility index (Phi) is 8.48. The van der Waals surface area contributed by atoms with E-state index < -0.39 is 0 Å². The van der Waals surface area contributed by atoms with E-state index in [4.69, 9.17) is 9.72 Å². The molecule has 0 spiro atoms. The smallest absolute Gasteiger partial charge is 0.293 e. The predicted molar refractivity (Wildman–Crippen MR) is 178 cm³/mol. The highest BCUT2D eigenvalue weighted by molar-refractivity contribution is 7.14. The number of anilines is 3. The maximum atomic E-state index is 13.3. The maximum Gasteiger partial charge on any atom is 0.293 e. The van der Waals surface area contributed by atoms with Crippen LogP contribution in [0.25, 0.3) is 11.3 Å². The van der Waals surface area contributed by atoms with Gasteiger partial charge in [0.2, 0.25) is 5.91 Å². The predicted octanol–water partition coefficient (Wildman–Crippen LogP) is 5.15. The van der Waals surface area contributed by atoms with Crippen molar-refractivity contribution in [3.8, 4) is 17.0 Å². The Morgan fingerprint density at radius 2 is 1.78 bits per heavy atom. The summed E-state index contributed by atoms with van der Waals surface area (Å²) in [6.07, 6.45) is 6.06. The third-order valence-electron chi connectivity index (χ3n) is 8.76. The second-order valence-corrected chi connectivity index (χ2v) is 13.0. The summed E-state index contributed by atoms with van der Waals surface area (Å²) in [6, 6.07) is 12.8. The number of benzene rings is 2. The summed E-state index contributed by atoms with van der Waals surface area (Å²) >= 11 is 1.57. The zero-order valence-electron chi connectivity index (χ0n) is 26.3. The third kappa shape index (κ3) is 6.10. The topological polar surface area (TPSA) is 109 Å². The number of nitrogens with zero attached hydrogens (tertiary/aromatic N) is 4. The summed E-state index contributed by atoms with van der Waals surface area (Å²) in [5.41, 5.74) is 5.26. The highest BCUT2D eigenvalue weighted by Gasteiger charge is 2.32. The lowest BCUT2D eigenvalue weighted by atomic mass is 9.99. The molecule has 234 valence electrons. The lowest BCUT2D eigenvalue weighted by Gasteiger charge is -2.37. The minimum atomic E-state index is -0.344. The van der Waals surface area contributed by atoms with Crippen molar-refractivity contribution in [3.63, 3.8) is 0 Å². The lowest BCUT2D eigenvalue weighted by Crippen LogP contribution is -2.48. The molecule has 1 unspecified atom stereocenters. The first kappa shape index (κ1) is 30.5. The van der Waals surface area contributed by atoms with Crippen molar-refractivity contribution in [1.82, 2.24) is 19.4 Å². The molecule has 3 heterocycles. The molecular formula is C34H38N6O4S. The fourth-order valence-corrected chi connectivity index (χ4v) is 7.18. The number of piperazine rings is 1. The van der Waals surface area contributed by atoms with Crippen LogP contribution in [0.4, 0.5) is 17.2 Å². The number of thiophene rings is 1. The quantitative estimate of drug-likeness (QED) is 0.292. The molecule has 1 aliphatic heterocycles. The number of amides is 2. The van der Waals surface area contributed by atoms with E-state index >= 15 is 0 Å². The number of likely N-dealkylation sites (N-methyl/N-ethyl adjacent to an activating group) is 2. The number of aromatic nitrogens is 2. The Hall–Kier alpha value is -4.48. The molecule has 0 bridgehead atoms. The van der Waals surface area contributed by atoms with Crippen molar-refractivity contribution in [2.75, 3.05) is 44.9 Å². The number of carbonyl (C=O) groups excluding carboxylic acids is 2. The lowest BCUT2D eigenvalue weighted by molar-refractivity contribution is -0.139. The van der Waals surface area contributed by atoms with Gasteiger partial charge < -0.3 is 24.8 Å². The second-order valence-electron chi connectivity index (χ2n) is 11.8. The van der Waals surface area contributed by atoms with Crippen molar-refractivity contribution in [3.05, 3.63) is 85.5 Å². The minimum Gasteiger partial charge on any atom is -0.497 e. The zero-order valence-corrected chi connectivity index (χ0v) is 27.1. The van der Waals surface area contributed by atoms with Crippen LogP contribution in [0.15, 0.2) is 53.5 Å². The first-order valence-electron chi connectivity index (χ1n) is 15.1. The number of hydrogen-bond acceptors (Lipinski definition) is 8. The van der Waals surface area contributed by atoms with Gasteiger partial charge in [-0.3, -0.25) is 19.3 Å². The molecule has 2 N–H and O–H groups in total. The summed E-state index contributed by atoms with van der Waals surface area (Å²) < 4.78 is 7.08. The maximum absolute atomic E-state index is 13.3. The molecule has 0 saturated carbocycles. The van der Waals surface area contributed by atoms with E-state index in [9.17, 15) is 14.4 Å². The average molecular weight is 627 g/mol. The summed E-state index contributed by atoms with van der Waals surface area (Å²) in [5, 5.41) is 6.26. The molecule has 1 aliphatic carbocycles. The van der Waals surface area contributed by atoms with Gasteiger partial charge in [0.05, 0.1) is 17.7 Å². The second kappa shape index (κ2) is 12.5. The van der Waals surface area contributed by atoms with E-state index in [0.717, 1.165) is 42.5 Å². The Morgan fingerprint density at radius 1 is 1.02 bits per heavy atom. The third-order valence-corrected chi connectivity index (χ3v) is 10.00. The van der Waals surface area contributed by atoms with Crippen molar-refractivity contribution in [1.29, 1.82) is 0 Å². The van der Waals surface area contributed by atoms with Gasteiger partial charge in [-0.1, -0.05) is 12.1 Å². The molecule has 1 fully saturated rings. The number of carbonyl (C=O) groups is 2. The molecule has 1 atom stereocenters. The van der Waals surface area contributed by atoms with E-state index in [2.05, 4.69) is 10.6 Å². The van der Waals surface area contributed by atoms with Gasteiger partial charge in [0.15, 0.2) is 5.82 Å². The van der Waals surface area contributed by atoms with E-state index in [1.165, 1.54) is 21.4 Å². The number of nitrogens with one attached hydrogen (secondary N) is 2. The number of rotatable bonds is 7. The largest absolute Gasteiger partial charge is 0.497 e. The first-order chi connectivity index (χ1) is 21.6. The average Bonchev–Trinajstić information content (AvgIpc) is 3.48. The molecule has 11 heteroatoms. The first-order valence-corrected chi connectivity index (χ1v) is 16.0. The number of methoxy groups -OCH3 is 1. The molecule has 6 rings (SSSR count). The fraction of sp³-hybridized carbons (Fsp3) is 0.353. The van der Waals surface area contributed by atoms with E-state index in [1.54, 1.807) is 42.7 Å². The molecule has 4 aromatic rings. The van der Waals surface area contributed by atoms with Crippen LogP contribution < -0.4 is 20.9 Å². The molecule has 2 aromatic carbocycles. The SMILES string of the molecule is COc1cc(NC(=O)c2cc3c(s2)CCCC3)c(C)c(-c2cn(C)c(=O)c(Nc3ccc(C4C(=O)N(C)CCN4C)cc3)n2)c1. The van der Waals surface area contributed by atoms with Crippen LogP contribution in [-0.4, -0.2) is 65.5 Å². The minimum absolute atomic E-state index is 0.0615. The number of fused-ring (bicyclic) bond motifs is 1. The van der Waals surface area contributed by atoms with Gasteiger partial charge in [0.1, 0.15) is 11.8 Å². The Balaban J connectivity index is 1.28. The Labute approximate surface area is 266 Å². The Bertz CT molecular complexity index is 1810. The number of aryl methyl sites for hydroxylation is 3. The van der Waals surface area contributed by atoms with Crippen LogP contribution in [0.1, 0.15) is 50.1 Å². The summed E-state index contributed by atoms with van der Waals surface area (Å²) in [7, 11) is 7.03. The zero-order chi connectivity index (χ0) is 31.8. The van der Waals surface area contributed by atoms with Crippen LogP contribution >= 0.6 is 11.3 Å². The highest BCUT2D eigenvalue weighted by atomic mass is 32.1. The van der Waals surface area contributed by atoms with Crippen molar-refractivity contribution in [2.24, 2.45) is 7.05 Å². The summed E-state index contributed by atoms with van der Waals surface area (Å²) in [6.45, 7) is 3.42. The number of ether oxygens (including phenoxy) is 1. The summed E-state index contributed by atoms with van der Waals surface area (Å²) in [5.74, 6) is 0.630. The van der Waals surface area contributed by atoms with Gasteiger partial charge in [-0.2, -0.15) is 0 Å². The standard InChI is InChI=1S/C34H38N6O4S/c1-20-25(17-24(44-5)18-26(20)37-32(41)29-16-22-8-6-7-9-28(22)45-29)27-19-40(4)34(43)31(36-27)35-23-12-10-21(11-13-23)30-33(42)39(3)15-14-38(30)2/h10-13,16-19,30H,6-9,14-15H2,1-5H3,(H,35,36)(H,37,41). The van der Waals surface area contributed by atoms with Crippen LogP contribution in [0.3, 0.4) is 0 Å². The van der Waals surface area contributed by atoms with Gasteiger partial charge >= 0.3 is 0 Å². The summed E-state index contributed by atoms with van der Waals surface area (Å²) in [4.78, 5) is 49.8. The van der Waals surface area contributed by atoms with E-state index in [0.29, 0.717) is 34.2 Å². The molecule has 2 aromatic heterocycles. The van der Waals surface area contributed by atoms with Gasteiger partial charge in [-0.25, -0.2) is 4.98 Å². The van der Waals surface area contributed by atoms with Crippen LogP contribution in [0, 0.1) is 6.92 Å². The molecule has 2 amide bonds. The van der Waals surface area contributed by atoms with Gasteiger partial charge in [0.25, 0.3) is 11.5 Å². The molecular weight excluding hydrogens is 588 g/mol. The van der Waals surface area contributed by atoms with Gasteiger partial charge in [0, 0.05) is 61.3 Å². The van der Waals surface area contributed by atoms with Crippen molar-refractivity contribution >= 4 is 40.3 Å². The monoisotopic (exact) mass is 626 g/mol. The van der Waals surface area contributed by atoms with Crippen LogP contribution in [0.2, 0.25) is 0 Å². The molecule has 45 heavy (non-hydrogen) atoms. The van der Waals surface area contributed by atoms with Gasteiger partial charge in [-0.05, 0) is 80.6 Å². The van der Waals surface area contributed by atoms with E-state index in [-0.39, 0.29) is 29.2 Å². The molecule has 1 saturated heterocycles. The van der Waals surface area contributed by atoms with E-state index in [1.807, 2.05) is 62.3 Å². The fourth-order valence-electron chi connectivity index (χ4n) is 6.03. The molecule has 10 nitrogen and oxygen atoms in total. The Morgan fingerprint density at radius 3 is 2.51 bits per heavy atom. The van der Waals surface area contributed by atoms with Crippen LogP contribution in [0.5, 0.6) is 5.75 Å². The van der Waals surface area contributed by atoms with Crippen molar-refractivity contribution in [2.45, 2.75) is 38.6 Å². The normalized spacial score (nSPS) is 16.8. The van der Waals surface area contributed by atoms with Crippen molar-refractivity contribution < 1.29 is 14.3 Å². The molecule has 0 radical (unpaired) electrons.